The number of anilines is 1. The number of rotatable bonds is 4. The first-order valence-corrected chi connectivity index (χ1v) is 8.49. The zero-order valence-electron chi connectivity index (χ0n) is 12.5. The average molecular weight is 378 g/mol. The molecule has 8 heteroatoms. The van der Waals surface area contributed by atoms with E-state index in [1.54, 1.807) is 0 Å². The Labute approximate surface area is 133 Å². The number of nitrogens with zero attached hydrogens (tertiary/aromatic N) is 1. The van der Waals surface area contributed by atoms with Gasteiger partial charge in [-0.15, -0.1) is 0 Å². The SMILES string of the molecule is CN(CC(=O)NC(C)(C)C)S(=O)(=O)c1ccc(N)c(Br)c1. The standard InChI is InChI=1S/C13H20BrN3O3S/c1-13(2,3)16-12(18)8-17(4)21(19,20)9-5-6-11(15)10(14)7-9/h5-7H,8,15H2,1-4H3,(H,16,18). The Morgan fingerprint density at radius 2 is 1.95 bits per heavy atom. The van der Waals surface area contributed by atoms with E-state index in [4.69, 9.17) is 5.73 Å². The van der Waals surface area contributed by atoms with Gasteiger partial charge in [-0.3, -0.25) is 4.79 Å². The molecule has 1 aromatic carbocycles. The second kappa shape index (κ2) is 6.33. The Bertz CT molecular complexity index is 639. The molecular weight excluding hydrogens is 358 g/mol. The Hall–Kier alpha value is -1.12. The molecule has 0 fully saturated rings. The highest BCUT2D eigenvalue weighted by Gasteiger charge is 2.25. The van der Waals surface area contributed by atoms with Gasteiger partial charge in [0.1, 0.15) is 0 Å². The lowest BCUT2D eigenvalue weighted by molar-refractivity contribution is -0.122. The summed E-state index contributed by atoms with van der Waals surface area (Å²) in [6.07, 6.45) is 0. The van der Waals surface area contributed by atoms with Gasteiger partial charge in [0.2, 0.25) is 15.9 Å². The molecule has 0 bridgehead atoms. The van der Waals surface area contributed by atoms with E-state index >= 15 is 0 Å². The topological polar surface area (TPSA) is 92.5 Å². The van der Waals surface area contributed by atoms with Crippen LogP contribution in [0.25, 0.3) is 0 Å². The van der Waals surface area contributed by atoms with Crippen LogP contribution in [0.4, 0.5) is 5.69 Å². The number of nitrogen functional groups attached to an aromatic ring is 1. The minimum absolute atomic E-state index is 0.0784. The van der Waals surface area contributed by atoms with E-state index in [0.29, 0.717) is 10.2 Å². The molecule has 1 aromatic rings. The number of nitrogens with two attached hydrogens (primary N) is 1. The normalized spacial score (nSPS) is 12.5. The van der Waals surface area contributed by atoms with E-state index in [9.17, 15) is 13.2 Å². The van der Waals surface area contributed by atoms with Crippen LogP contribution in [-0.2, 0) is 14.8 Å². The van der Waals surface area contributed by atoms with Gasteiger partial charge >= 0.3 is 0 Å². The smallest absolute Gasteiger partial charge is 0.243 e. The summed E-state index contributed by atoms with van der Waals surface area (Å²) in [5.41, 5.74) is 5.67. The summed E-state index contributed by atoms with van der Waals surface area (Å²) in [4.78, 5) is 11.9. The van der Waals surface area contributed by atoms with Crippen LogP contribution >= 0.6 is 15.9 Å². The zero-order chi connectivity index (χ0) is 16.4. The predicted octanol–water partition coefficient (Wildman–Crippen LogP) is 1.57. The quantitative estimate of drug-likeness (QED) is 0.778. The van der Waals surface area contributed by atoms with Crippen LogP contribution < -0.4 is 11.1 Å². The first-order valence-electron chi connectivity index (χ1n) is 6.26. The third-order valence-corrected chi connectivity index (χ3v) is 5.05. The van der Waals surface area contributed by atoms with Gasteiger partial charge in [-0.05, 0) is 54.9 Å². The van der Waals surface area contributed by atoms with E-state index in [1.807, 2.05) is 20.8 Å². The molecule has 0 radical (unpaired) electrons. The predicted molar refractivity (Wildman–Crippen MR) is 86.3 cm³/mol. The van der Waals surface area contributed by atoms with Crippen molar-refractivity contribution in [3.05, 3.63) is 22.7 Å². The highest BCUT2D eigenvalue weighted by Crippen LogP contribution is 2.24. The number of hydrogen-bond acceptors (Lipinski definition) is 4. The van der Waals surface area contributed by atoms with Crippen LogP contribution in [0, 0.1) is 0 Å². The Kier molecular flexibility index (Phi) is 5.40. The zero-order valence-corrected chi connectivity index (χ0v) is 14.9. The van der Waals surface area contributed by atoms with Crippen molar-refractivity contribution in [2.45, 2.75) is 31.2 Å². The Morgan fingerprint density at radius 3 is 2.43 bits per heavy atom. The molecule has 0 aliphatic heterocycles. The second-order valence-electron chi connectivity index (χ2n) is 5.74. The molecule has 118 valence electrons. The largest absolute Gasteiger partial charge is 0.398 e. The molecule has 0 heterocycles. The molecule has 0 aromatic heterocycles. The average Bonchev–Trinajstić information content (AvgIpc) is 2.29. The summed E-state index contributed by atoms with van der Waals surface area (Å²) in [6, 6.07) is 4.33. The van der Waals surface area contributed by atoms with Gasteiger partial charge in [-0.1, -0.05) is 0 Å². The van der Waals surface area contributed by atoms with Crippen molar-refractivity contribution in [1.82, 2.24) is 9.62 Å². The maximum Gasteiger partial charge on any atom is 0.243 e. The van der Waals surface area contributed by atoms with Crippen LogP contribution in [0.5, 0.6) is 0 Å². The summed E-state index contributed by atoms with van der Waals surface area (Å²) in [6.45, 7) is 5.24. The third-order valence-electron chi connectivity index (χ3n) is 2.56. The minimum Gasteiger partial charge on any atom is -0.398 e. The summed E-state index contributed by atoms with van der Waals surface area (Å²) in [5, 5.41) is 2.72. The van der Waals surface area contributed by atoms with Crippen molar-refractivity contribution < 1.29 is 13.2 Å². The fraction of sp³-hybridized carbons (Fsp3) is 0.462. The third kappa shape index (κ3) is 4.98. The lowest BCUT2D eigenvalue weighted by Crippen LogP contribution is -2.46. The van der Waals surface area contributed by atoms with Gasteiger partial charge in [0.15, 0.2) is 0 Å². The van der Waals surface area contributed by atoms with E-state index in [-0.39, 0.29) is 17.3 Å². The highest BCUT2D eigenvalue weighted by atomic mass is 79.9. The number of benzene rings is 1. The van der Waals surface area contributed by atoms with Gasteiger partial charge in [-0.25, -0.2) is 8.42 Å². The Balaban J connectivity index is 2.92. The molecular formula is C13H20BrN3O3S. The van der Waals surface area contributed by atoms with E-state index in [1.165, 1.54) is 25.2 Å². The van der Waals surface area contributed by atoms with Crippen molar-refractivity contribution >= 4 is 37.5 Å². The van der Waals surface area contributed by atoms with Crippen molar-refractivity contribution in [2.24, 2.45) is 0 Å². The molecule has 0 saturated heterocycles. The molecule has 0 spiro atoms. The number of carbonyl (C=O) groups is 1. The fourth-order valence-corrected chi connectivity index (χ4v) is 3.28. The lowest BCUT2D eigenvalue weighted by atomic mass is 10.1. The molecule has 21 heavy (non-hydrogen) atoms. The number of amides is 1. The molecule has 0 saturated carbocycles. The first kappa shape index (κ1) is 17.9. The van der Waals surface area contributed by atoms with E-state index in [0.717, 1.165) is 4.31 Å². The second-order valence-corrected chi connectivity index (χ2v) is 8.64. The van der Waals surface area contributed by atoms with Gasteiger partial charge < -0.3 is 11.1 Å². The van der Waals surface area contributed by atoms with Crippen LogP contribution in [-0.4, -0.2) is 37.8 Å². The van der Waals surface area contributed by atoms with Crippen molar-refractivity contribution in [2.75, 3.05) is 19.3 Å². The maximum absolute atomic E-state index is 12.4. The van der Waals surface area contributed by atoms with Crippen molar-refractivity contribution in [1.29, 1.82) is 0 Å². The van der Waals surface area contributed by atoms with Crippen LogP contribution in [0.1, 0.15) is 20.8 Å². The van der Waals surface area contributed by atoms with E-state index in [2.05, 4.69) is 21.2 Å². The number of nitrogens with one attached hydrogen (secondary N) is 1. The molecule has 1 rings (SSSR count). The minimum atomic E-state index is -3.74. The van der Waals surface area contributed by atoms with Crippen molar-refractivity contribution in [3.63, 3.8) is 0 Å². The van der Waals surface area contributed by atoms with Gasteiger partial charge in [-0.2, -0.15) is 4.31 Å². The fourth-order valence-electron chi connectivity index (χ4n) is 1.59. The van der Waals surface area contributed by atoms with Crippen LogP contribution in [0.3, 0.4) is 0 Å². The number of halogens is 1. The molecule has 0 aliphatic carbocycles. The van der Waals surface area contributed by atoms with Gasteiger partial charge in [0, 0.05) is 22.7 Å². The van der Waals surface area contributed by atoms with E-state index < -0.39 is 15.6 Å². The monoisotopic (exact) mass is 377 g/mol. The molecule has 0 unspecified atom stereocenters. The number of likely N-dealkylation sites (N-methyl/N-ethyl adjacent to an activating group) is 1. The summed E-state index contributed by atoms with van der Waals surface area (Å²) in [5.74, 6) is -0.358. The summed E-state index contributed by atoms with van der Waals surface area (Å²) >= 11 is 3.19. The number of hydrogen-bond donors (Lipinski definition) is 2. The molecule has 0 atom stereocenters. The van der Waals surface area contributed by atoms with Crippen LogP contribution in [0.2, 0.25) is 0 Å². The number of carbonyl (C=O) groups excluding carboxylic acids is 1. The summed E-state index contributed by atoms with van der Waals surface area (Å²) in [7, 11) is -2.38. The summed E-state index contributed by atoms with van der Waals surface area (Å²) < 4.78 is 26.3. The maximum atomic E-state index is 12.4. The van der Waals surface area contributed by atoms with Crippen molar-refractivity contribution in [3.8, 4) is 0 Å². The Morgan fingerprint density at radius 1 is 1.38 bits per heavy atom. The molecule has 1 amide bonds. The molecule has 6 nitrogen and oxygen atoms in total. The van der Waals surface area contributed by atoms with Gasteiger partial charge in [0.05, 0.1) is 11.4 Å². The lowest BCUT2D eigenvalue weighted by Gasteiger charge is -2.23. The molecule has 0 aliphatic rings. The highest BCUT2D eigenvalue weighted by molar-refractivity contribution is 9.10. The van der Waals surface area contributed by atoms with Gasteiger partial charge in [0.25, 0.3) is 0 Å². The first-order chi connectivity index (χ1) is 9.43. The number of sulfonamides is 1. The van der Waals surface area contributed by atoms with Crippen LogP contribution in [0.15, 0.2) is 27.6 Å². The molecule has 3 N–H and O–H groups in total.